The van der Waals surface area contributed by atoms with E-state index >= 15 is 0 Å². The summed E-state index contributed by atoms with van der Waals surface area (Å²) in [6, 6.07) is 17.3. The molecule has 0 aliphatic heterocycles. The summed E-state index contributed by atoms with van der Waals surface area (Å²) in [6.45, 7) is 13.4. The van der Waals surface area contributed by atoms with E-state index in [1.165, 1.54) is 27.8 Å². The minimum atomic E-state index is 0.654. The number of hydrogen-bond acceptors (Lipinski definition) is 0. The molecular weight excluding hydrogens is 355 g/mol. The molecule has 115 valence electrons. The molecule has 0 fully saturated rings. The van der Waals surface area contributed by atoms with Crippen molar-refractivity contribution in [3.8, 4) is 11.1 Å². The molecule has 1 atom stereocenters. The van der Waals surface area contributed by atoms with Crippen LogP contribution in [0.5, 0.6) is 0 Å². The number of benzene rings is 2. The van der Waals surface area contributed by atoms with Gasteiger partial charge in [0.1, 0.15) is 0 Å². The van der Waals surface area contributed by atoms with Crippen molar-refractivity contribution in [2.75, 3.05) is 0 Å². The van der Waals surface area contributed by atoms with Gasteiger partial charge in [0.25, 0.3) is 0 Å². The Hall–Kier alpha value is -1.46. The second kappa shape index (κ2) is 7.89. The molecule has 0 aromatic heterocycles. The summed E-state index contributed by atoms with van der Waals surface area (Å²) in [4.78, 5) is 0. The summed E-state index contributed by atoms with van der Waals surface area (Å²) in [5.74, 6) is 0. The molecule has 0 heterocycles. The van der Waals surface area contributed by atoms with Crippen LogP contribution >= 0.6 is 0 Å². The second-order valence-electron chi connectivity index (χ2n) is 6.06. The zero-order chi connectivity index (χ0) is 17.0. The maximum absolute atomic E-state index is 3.66. The van der Waals surface area contributed by atoms with E-state index in [2.05, 4.69) is 74.7 Å². The summed E-state index contributed by atoms with van der Waals surface area (Å²) in [6.07, 6.45) is 2.36. The fourth-order valence-corrected chi connectivity index (χ4v) is 3.25. The normalized spacial score (nSPS) is 15.0. The van der Waals surface area contributed by atoms with Crippen molar-refractivity contribution in [1.82, 2.24) is 0 Å². The molecule has 1 heteroatoms. The van der Waals surface area contributed by atoms with E-state index in [4.69, 9.17) is 0 Å². The third-order valence-corrected chi connectivity index (χ3v) is 5.98. The zero-order valence-corrected chi connectivity index (χ0v) is 16.6. The minimum absolute atomic E-state index is 0.654. The number of hydrogen-bond donors (Lipinski definition) is 0. The molecule has 0 bridgehead atoms. The Balaban J connectivity index is 0.000000277. The van der Waals surface area contributed by atoms with Crippen molar-refractivity contribution in [2.45, 2.75) is 24.4 Å². The van der Waals surface area contributed by atoms with Gasteiger partial charge in [-0.25, -0.2) is 0 Å². The first-order valence-electron chi connectivity index (χ1n) is 7.81. The van der Waals surface area contributed by atoms with Crippen LogP contribution in [0.3, 0.4) is 0 Å². The van der Waals surface area contributed by atoms with Gasteiger partial charge in [0.05, 0.1) is 0 Å². The van der Waals surface area contributed by atoms with E-state index in [0.717, 1.165) is 11.1 Å². The standard InChI is InChI=1S/C16H13.C6H10.Zr/c1-12-10-14-8-5-9-15(16(14)11-12)13-6-3-2-4-7-13;1-5(2)6(3)4;/h2-11H,1H3;1,3H2,2,4H3;. The molecule has 1 unspecified atom stereocenters. The van der Waals surface area contributed by atoms with Crippen molar-refractivity contribution in [3.63, 3.8) is 0 Å². The molecule has 1 aliphatic rings. The van der Waals surface area contributed by atoms with Crippen molar-refractivity contribution >= 4 is 6.08 Å². The molecular formula is C22H23Zr. The average molecular weight is 379 g/mol. The van der Waals surface area contributed by atoms with Crippen molar-refractivity contribution in [3.05, 3.63) is 89.5 Å². The van der Waals surface area contributed by atoms with Crippen LogP contribution in [0.4, 0.5) is 0 Å². The van der Waals surface area contributed by atoms with Crippen molar-refractivity contribution in [2.24, 2.45) is 0 Å². The molecule has 0 N–H and O–H groups in total. The van der Waals surface area contributed by atoms with Gasteiger partial charge in [-0.3, -0.25) is 0 Å². The van der Waals surface area contributed by atoms with E-state index in [1.807, 2.05) is 13.8 Å². The quantitative estimate of drug-likeness (QED) is 0.523. The van der Waals surface area contributed by atoms with Crippen LogP contribution in [0.25, 0.3) is 17.2 Å². The summed E-state index contributed by atoms with van der Waals surface area (Å²) in [5, 5.41) is 0. The zero-order valence-electron chi connectivity index (χ0n) is 14.2. The predicted octanol–water partition coefficient (Wildman–Crippen LogP) is 6.50. The molecule has 0 radical (unpaired) electrons. The van der Waals surface area contributed by atoms with Gasteiger partial charge in [-0.15, -0.1) is 0 Å². The molecule has 23 heavy (non-hydrogen) atoms. The molecule has 0 spiro atoms. The van der Waals surface area contributed by atoms with Crippen LogP contribution in [0.2, 0.25) is 0 Å². The molecule has 2 aromatic carbocycles. The molecule has 1 aliphatic carbocycles. The Kier molecular flexibility index (Phi) is 6.13. The number of allylic oxidation sites excluding steroid dienone is 3. The van der Waals surface area contributed by atoms with Crippen molar-refractivity contribution < 1.29 is 24.7 Å². The van der Waals surface area contributed by atoms with Crippen LogP contribution in [0.1, 0.15) is 35.5 Å². The summed E-state index contributed by atoms with van der Waals surface area (Å²) < 4.78 is 0.654. The average Bonchev–Trinajstić information content (AvgIpc) is 2.84. The molecule has 0 nitrogen and oxygen atoms in total. The van der Waals surface area contributed by atoms with Crippen LogP contribution in [-0.4, -0.2) is 0 Å². The fraction of sp³-hybridized carbons (Fsp3) is 0.182. The summed E-state index contributed by atoms with van der Waals surface area (Å²) in [7, 11) is 0. The monoisotopic (exact) mass is 377 g/mol. The van der Waals surface area contributed by atoms with Gasteiger partial charge in [-0.05, 0) is 13.8 Å². The Labute approximate surface area is 155 Å². The Morgan fingerprint density at radius 3 is 2.09 bits per heavy atom. The number of rotatable bonds is 2. The van der Waals surface area contributed by atoms with Gasteiger partial charge in [-0.2, -0.15) is 0 Å². The molecule has 0 saturated carbocycles. The van der Waals surface area contributed by atoms with E-state index in [0.29, 0.717) is 3.63 Å². The van der Waals surface area contributed by atoms with Crippen LogP contribution in [0.15, 0.2) is 78.4 Å². The van der Waals surface area contributed by atoms with Gasteiger partial charge >= 0.3 is 118 Å². The first-order chi connectivity index (χ1) is 10.9. The Morgan fingerprint density at radius 1 is 0.913 bits per heavy atom. The van der Waals surface area contributed by atoms with E-state index in [1.54, 1.807) is 24.7 Å². The fourth-order valence-electron chi connectivity index (χ4n) is 2.42. The maximum atomic E-state index is 3.66. The molecule has 0 amide bonds. The van der Waals surface area contributed by atoms with E-state index < -0.39 is 0 Å². The topological polar surface area (TPSA) is 0 Å². The van der Waals surface area contributed by atoms with Gasteiger partial charge in [0.2, 0.25) is 0 Å². The molecule has 2 aromatic rings. The van der Waals surface area contributed by atoms with Crippen LogP contribution in [0, 0.1) is 0 Å². The summed E-state index contributed by atoms with van der Waals surface area (Å²) >= 11 is 1.58. The summed E-state index contributed by atoms with van der Waals surface area (Å²) in [5.41, 5.74) is 9.25. The van der Waals surface area contributed by atoms with E-state index in [-0.39, 0.29) is 0 Å². The predicted molar refractivity (Wildman–Crippen MR) is 97.9 cm³/mol. The number of fused-ring (bicyclic) bond motifs is 1. The van der Waals surface area contributed by atoms with Gasteiger partial charge < -0.3 is 0 Å². The molecule has 0 saturated heterocycles. The van der Waals surface area contributed by atoms with Crippen molar-refractivity contribution in [1.29, 1.82) is 0 Å². The van der Waals surface area contributed by atoms with Gasteiger partial charge in [-0.1, -0.05) is 24.3 Å². The van der Waals surface area contributed by atoms with Gasteiger partial charge in [0, 0.05) is 0 Å². The third-order valence-electron chi connectivity index (χ3n) is 4.09. The first kappa shape index (κ1) is 17.9. The Bertz CT molecular complexity index is 739. The van der Waals surface area contributed by atoms with Crippen LogP contribution < -0.4 is 0 Å². The van der Waals surface area contributed by atoms with E-state index in [9.17, 15) is 0 Å². The Morgan fingerprint density at radius 2 is 1.52 bits per heavy atom. The third kappa shape index (κ3) is 4.30. The first-order valence-corrected chi connectivity index (χ1v) is 9.22. The van der Waals surface area contributed by atoms with Crippen LogP contribution in [-0.2, 0) is 24.7 Å². The second-order valence-corrected chi connectivity index (χ2v) is 7.48. The SMILES string of the molecule is C=C(C)C(=C)C.CC1=Cc2c(-c3ccccc3)cccc2[CH]1[Zr]. The van der Waals surface area contributed by atoms with Gasteiger partial charge in [0.15, 0.2) is 0 Å². The molecule has 3 rings (SSSR count).